The molecule has 2 fully saturated rings. The number of nitrogens with one attached hydrogen (secondary N) is 3. The first-order valence-electron chi connectivity index (χ1n) is 33.0. The Hall–Kier alpha value is -11.1. The molecule has 8 heterocycles. The van der Waals surface area contributed by atoms with Crippen molar-refractivity contribution in [2.45, 2.75) is 123 Å². The Morgan fingerprint density at radius 3 is 1.42 bits per heavy atom. The van der Waals surface area contributed by atoms with Gasteiger partial charge in [0.25, 0.3) is 11.1 Å². The second-order valence-electron chi connectivity index (χ2n) is 24.0. The Labute approximate surface area is 564 Å². The van der Waals surface area contributed by atoms with E-state index in [2.05, 4.69) is 52.8 Å². The Kier molecular flexibility index (Phi) is 21.0. The van der Waals surface area contributed by atoms with Crippen LogP contribution in [0.3, 0.4) is 0 Å². The first-order chi connectivity index (χ1) is 47.8. The fourth-order valence-electron chi connectivity index (χ4n) is 12.4. The monoisotopic (exact) mass is 1320 g/mol. The predicted molar refractivity (Wildman–Crippen MR) is 375 cm³/mol. The maximum absolute atomic E-state index is 14.5. The highest BCUT2D eigenvalue weighted by atomic mass is 16.5. The summed E-state index contributed by atoms with van der Waals surface area (Å²) in [4.78, 5) is 99.0. The summed E-state index contributed by atoms with van der Waals surface area (Å²) >= 11 is 0. The molecule has 6 aromatic heterocycles. The summed E-state index contributed by atoms with van der Waals surface area (Å²) in [6, 6.07) is 43.3. The number of ether oxygens (including phenoxy) is 2. The molecule has 0 bridgehead atoms. The largest absolute Gasteiger partial charge is 0.478 e. The third-order valence-electron chi connectivity index (χ3n) is 17.5. The van der Waals surface area contributed by atoms with Gasteiger partial charge >= 0.3 is 5.97 Å². The first kappa shape index (κ1) is 67.0. The maximum atomic E-state index is 14.5. The maximum Gasteiger partial charge on any atom is 0.335 e. The van der Waals surface area contributed by atoms with Crippen LogP contribution in [0, 0.1) is 0 Å². The molecule has 2 aliphatic heterocycles. The number of hydrogen-bond acceptors (Lipinski definition) is 19. The zero-order chi connectivity index (χ0) is 68.2. The quantitative estimate of drug-likeness (QED) is 0.0443. The number of fused-ring (bicyclic) bond motifs is 4. The third-order valence-corrected chi connectivity index (χ3v) is 17.5. The molecule has 2 unspecified atom stereocenters. The molecule has 0 amide bonds. The van der Waals surface area contributed by atoms with Gasteiger partial charge in [-0.05, 0) is 130 Å². The van der Waals surface area contributed by atoms with E-state index < -0.39 is 5.97 Å². The number of para-hydroxylation sites is 2. The van der Waals surface area contributed by atoms with Gasteiger partial charge in [-0.3, -0.25) is 37.4 Å². The van der Waals surface area contributed by atoms with E-state index in [0.717, 1.165) is 79.8 Å². The van der Waals surface area contributed by atoms with E-state index in [4.69, 9.17) is 30.3 Å². The van der Waals surface area contributed by atoms with Crippen LogP contribution in [0.15, 0.2) is 180 Å². The highest BCUT2D eigenvalue weighted by Crippen LogP contribution is 2.33. The highest BCUT2D eigenvalue weighted by molar-refractivity contribution is 5.96. The van der Waals surface area contributed by atoms with E-state index in [1.54, 1.807) is 28.7 Å². The van der Waals surface area contributed by atoms with E-state index >= 15 is 0 Å². The molecule has 12 aromatic rings. The number of nitrogens with two attached hydrogens (primary N) is 1. The minimum atomic E-state index is -0.981. The van der Waals surface area contributed by atoms with Crippen molar-refractivity contribution in [1.29, 1.82) is 0 Å². The second kappa shape index (κ2) is 30.8. The van der Waals surface area contributed by atoms with E-state index in [1.807, 2.05) is 137 Å². The van der Waals surface area contributed by atoms with E-state index in [-0.39, 0.29) is 59.3 Å². The van der Waals surface area contributed by atoms with Crippen molar-refractivity contribution < 1.29 is 29.0 Å². The fourth-order valence-corrected chi connectivity index (χ4v) is 12.4. The van der Waals surface area contributed by atoms with Gasteiger partial charge in [0, 0.05) is 44.0 Å². The number of ketones is 2. The molecule has 0 aliphatic carbocycles. The third kappa shape index (κ3) is 14.5. The van der Waals surface area contributed by atoms with Crippen molar-refractivity contribution in [2.75, 3.05) is 23.8 Å². The van der Waals surface area contributed by atoms with Crippen LogP contribution < -0.4 is 32.8 Å². The standard InChI is InChI=1S/C37H38N8O3.C28H30N8O2.C9H8O3/c1-3-29(42-34-33-36(40-22-39-34)44(23-41-33)31-14-7-8-19-48-31)35-43-30-13-9-10-27(21-38-20-25-15-17-26(18-16-25)24(2)46)32(30)37(47)45(35)28-11-5-4-6-12-28;1-2-20(33-25-24-27(31-16-30-25)35(17-32-24)22-13-6-7-14-38-22)26-34-21-12-8-9-18(15-29)23(21)28(37)36(26)19-10-4-3-5-11-19;1-6(10)7-2-4-8(5-3-7)9(11)12/h4-6,9-13,15-18,22-23,29,31,38H,3,7-8,14,19-21H2,1-2H3,(H,39,40,42);3-5,8-12,16-17,20,22H,2,6-7,13-15,29H2,1H3,(H,30,31,33);2-5H,1H3,(H,11,12)/t29-,31?;20-,22?;/m00./s1. The van der Waals surface area contributed by atoms with Crippen LogP contribution >= 0.6 is 0 Å². The van der Waals surface area contributed by atoms with E-state index in [1.165, 1.54) is 43.8 Å². The molecule has 0 saturated carbocycles. The molecule has 6 aromatic carbocycles. The van der Waals surface area contributed by atoms with Crippen molar-refractivity contribution in [3.05, 3.63) is 237 Å². The van der Waals surface area contributed by atoms with Crippen LogP contribution in [0.4, 0.5) is 11.6 Å². The van der Waals surface area contributed by atoms with Crippen LogP contribution in [0.2, 0.25) is 0 Å². The molecule has 2 aliphatic rings. The number of carbonyl (C=O) groups excluding carboxylic acids is 2. The van der Waals surface area contributed by atoms with Crippen LogP contribution in [-0.2, 0) is 29.1 Å². The number of imidazole rings is 2. The molecule has 24 nitrogen and oxygen atoms in total. The Balaban J connectivity index is 0.000000162. The number of carboxylic acid groups (broad SMARTS) is 1. The molecule has 0 spiro atoms. The number of anilines is 2. The smallest absolute Gasteiger partial charge is 0.335 e. The van der Waals surface area contributed by atoms with Crippen molar-refractivity contribution >= 4 is 73.3 Å². The Morgan fingerprint density at radius 2 is 0.990 bits per heavy atom. The van der Waals surface area contributed by atoms with Gasteiger partial charge in [-0.2, -0.15) is 0 Å². The number of carbonyl (C=O) groups is 3. The van der Waals surface area contributed by atoms with Crippen LogP contribution in [0.5, 0.6) is 0 Å². The number of benzene rings is 6. The number of rotatable bonds is 20. The average Bonchev–Trinajstić information content (AvgIpc) is 0.898. The minimum Gasteiger partial charge on any atom is -0.478 e. The molecule has 0 radical (unpaired) electrons. The van der Waals surface area contributed by atoms with E-state index in [0.29, 0.717) is 104 Å². The number of carboxylic acids is 1. The van der Waals surface area contributed by atoms with Crippen molar-refractivity contribution in [3.63, 3.8) is 0 Å². The van der Waals surface area contributed by atoms with Gasteiger partial charge in [0.2, 0.25) is 0 Å². The number of aromatic nitrogens is 12. The zero-order valence-corrected chi connectivity index (χ0v) is 54.9. The summed E-state index contributed by atoms with van der Waals surface area (Å²) in [5.41, 5.74) is 15.2. The zero-order valence-electron chi connectivity index (χ0n) is 54.9. The summed E-state index contributed by atoms with van der Waals surface area (Å²) in [6.07, 6.45) is 13.9. The summed E-state index contributed by atoms with van der Waals surface area (Å²) in [5, 5.41) is 20.2. The van der Waals surface area contributed by atoms with Gasteiger partial charge in [0.15, 0.2) is 45.5 Å². The molecular formula is C74H76N16O8. The predicted octanol–water partition coefficient (Wildman–Crippen LogP) is 12.1. The van der Waals surface area contributed by atoms with Gasteiger partial charge in [-0.1, -0.05) is 111 Å². The molecule has 2 saturated heterocycles. The summed E-state index contributed by atoms with van der Waals surface area (Å²) in [5.74, 6) is 1.33. The van der Waals surface area contributed by atoms with Crippen LogP contribution in [0.25, 0.3) is 55.5 Å². The van der Waals surface area contributed by atoms with Gasteiger partial charge in [-0.25, -0.2) is 44.7 Å². The first-order valence-corrected chi connectivity index (χ1v) is 33.0. The van der Waals surface area contributed by atoms with Crippen molar-refractivity contribution in [2.24, 2.45) is 5.73 Å². The lowest BCUT2D eigenvalue weighted by Crippen LogP contribution is -2.29. The van der Waals surface area contributed by atoms with Crippen LogP contribution in [-0.4, -0.2) is 94.0 Å². The molecule has 24 heteroatoms. The molecule has 4 atom stereocenters. The number of hydrogen-bond donors (Lipinski definition) is 5. The fraction of sp³-hybridized carbons (Fsp3) is 0.284. The molecular weight excluding hydrogens is 1240 g/mol. The summed E-state index contributed by atoms with van der Waals surface area (Å²) in [7, 11) is 0. The minimum absolute atomic E-state index is 0.0400. The molecule has 98 heavy (non-hydrogen) atoms. The summed E-state index contributed by atoms with van der Waals surface area (Å²) in [6.45, 7) is 9.87. The number of aromatic carboxylic acids is 1. The lowest BCUT2D eigenvalue weighted by atomic mass is 10.1. The lowest BCUT2D eigenvalue weighted by Gasteiger charge is -2.24. The lowest BCUT2D eigenvalue weighted by molar-refractivity contribution is -0.0299. The van der Waals surface area contributed by atoms with Crippen molar-refractivity contribution in [1.82, 2.24) is 63.5 Å². The topological polar surface area (TPSA) is 309 Å². The molecule has 14 rings (SSSR count). The summed E-state index contributed by atoms with van der Waals surface area (Å²) < 4.78 is 19.3. The van der Waals surface area contributed by atoms with Gasteiger partial charge < -0.3 is 36.3 Å². The SMILES string of the molecule is CC(=O)c1ccc(C(=O)O)cc1.CC[C@H](Nc1ncnc2c1ncn2C1CCCCO1)c1nc2cccc(CN)c2c(=O)n1-c1ccccc1.CC[C@H](Nc1ncnc2c1ncn2C1CCCCO1)c1nc2cccc(CNCc3ccc(C(C)=O)cc3)c2c(=O)n1-c1ccccc1. The van der Waals surface area contributed by atoms with E-state index in [9.17, 15) is 24.0 Å². The normalized spacial score (nSPS) is 15.2. The van der Waals surface area contributed by atoms with Crippen molar-refractivity contribution in [3.8, 4) is 11.4 Å². The Morgan fingerprint density at radius 1 is 0.541 bits per heavy atom. The van der Waals surface area contributed by atoms with Gasteiger partial charge in [0.05, 0.1) is 63.5 Å². The molecule has 6 N–H and O–H groups in total. The molecule has 500 valence electrons. The average molecular weight is 1320 g/mol. The number of Topliss-reactive ketones (excluding diaryl/α,β-unsaturated/α-hetero) is 2. The van der Waals surface area contributed by atoms with Gasteiger partial charge in [0.1, 0.15) is 36.8 Å². The van der Waals surface area contributed by atoms with Gasteiger partial charge in [-0.15, -0.1) is 0 Å². The Bertz CT molecular complexity index is 4900. The van der Waals surface area contributed by atoms with Crippen LogP contribution in [0.1, 0.15) is 163 Å². The second-order valence-corrected chi connectivity index (χ2v) is 24.0. The highest BCUT2D eigenvalue weighted by Gasteiger charge is 2.28. The number of nitrogens with zero attached hydrogens (tertiary/aromatic N) is 12.